The van der Waals surface area contributed by atoms with Gasteiger partial charge in [0.25, 0.3) is 0 Å². The smallest absolute Gasteiger partial charge is 0.0851 e. The number of hydrogen-bond acceptors (Lipinski definition) is 2. The van der Waals surface area contributed by atoms with Crippen molar-refractivity contribution in [2.75, 3.05) is 19.6 Å². The fraction of sp³-hybridized carbons (Fsp3) is 0.944. The summed E-state index contributed by atoms with van der Waals surface area (Å²) >= 11 is 0. The van der Waals surface area contributed by atoms with Crippen LogP contribution >= 0.6 is 0 Å². The molecule has 0 aromatic rings. The maximum absolute atomic E-state index is 4.25. The first-order chi connectivity index (χ1) is 9.93. The Kier molecular flexibility index (Phi) is 11.8. The first-order valence-corrected chi connectivity index (χ1v) is 9.17. The van der Waals surface area contributed by atoms with Gasteiger partial charge in [-0.15, -0.1) is 0 Å². The Morgan fingerprint density at radius 3 is 1.70 bits per heavy atom. The molecule has 118 valence electrons. The second-order valence-electron chi connectivity index (χ2n) is 6.30. The fourth-order valence-electron chi connectivity index (χ4n) is 2.92. The second kappa shape index (κ2) is 13.5. The molecule has 0 spiro atoms. The van der Waals surface area contributed by atoms with Gasteiger partial charge in [-0.2, -0.15) is 0 Å². The molecule has 0 aliphatic carbocycles. The van der Waals surface area contributed by atoms with Crippen LogP contribution < -0.4 is 0 Å². The average molecular weight is 280 g/mol. The molecule has 0 saturated carbocycles. The van der Waals surface area contributed by atoms with Crippen LogP contribution in [-0.2, 0) is 0 Å². The fourth-order valence-corrected chi connectivity index (χ4v) is 2.92. The molecule has 0 bridgehead atoms. The van der Waals surface area contributed by atoms with E-state index in [4.69, 9.17) is 0 Å². The van der Waals surface area contributed by atoms with E-state index in [-0.39, 0.29) is 0 Å². The summed E-state index contributed by atoms with van der Waals surface area (Å²) in [6.45, 7) is 5.68. The van der Waals surface area contributed by atoms with Crippen molar-refractivity contribution in [2.45, 2.75) is 90.4 Å². The van der Waals surface area contributed by atoms with E-state index in [0.717, 1.165) is 13.1 Å². The van der Waals surface area contributed by atoms with Gasteiger partial charge in [0, 0.05) is 13.1 Å². The van der Waals surface area contributed by atoms with E-state index < -0.39 is 0 Å². The van der Waals surface area contributed by atoms with Gasteiger partial charge in [0.2, 0.25) is 0 Å². The van der Waals surface area contributed by atoms with E-state index in [0.29, 0.717) is 0 Å². The average Bonchev–Trinajstić information content (AvgIpc) is 2.97. The quantitative estimate of drug-likeness (QED) is 0.388. The monoisotopic (exact) mass is 280 g/mol. The van der Waals surface area contributed by atoms with Crippen molar-refractivity contribution in [3.8, 4) is 0 Å². The molecule has 0 atom stereocenters. The van der Waals surface area contributed by atoms with E-state index in [1.807, 2.05) is 6.34 Å². The zero-order valence-corrected chi connectivity index (χ0v) is 13.8. The summed E-state index contributed by atoms with van der Waals surface area (Å²) in [4.78, 5) is 6.61. The zero-order chi connectivity index (χ0) is 14.3. The Morgan fingerprint density at radius 2 is 1.25 bits per heavy atom. The van der Waals surface area contributed by atoms with E-state index in [2.05, 4.69) is 16.8 Å². The second-order valence-corrected chi connectivity index (χ2v) is 6.30. The molecule has 1 aliphatic heterocycles. The summed E-state index contributed by atoms with van der Waals surface area (Å²) in [5.74, 6) is 0. The highest BCUT2D eigenvalue weighted by Gasteiger charge is 2.03. The summed E-state index contributed by atoms with van der Waals surface area (Å²) in [5, 5.41) is 0. The van der Waals surface area contributed by atoms with Gasteiger partial charge in [0.1, 0.15) is 0 Å². The van der Waals surface area contributed by atoms with Crippen molar-refractivity contribution in [3.05, 3.63) is 0 Å². The predicted molar refractivity (Wildman–Crippen MR) is 90.6 cm³/mol. The Hall–Kier alpha value is -0.530. The molecule has 0 saturated heterocycles. The van der Waals surface area contributed by atoms with Crippen LogP contribution in [0.1, 0.15) is 90.4 Å². The van der Waals surface area contributed by atoms with Crippen LogP contribution in [-0.4, -0.2) is 30.9 Å². The van der Waals surface area contributed by atoms with Gasteiger partial charge in [0.05, 0.1) is 12.9 Å². The van der Waals surface area contributed by atoms with Crippen molar-refractivity contribution in [1.82, 2.24) is 4.90 Å². The molecule has 1 heterocycles. The largest absolute Gasteiger partial charge is 0.361 e. The van der Waals surface area contributed by atoms with Gasteiger partial charge in [0.15, 0.2) is 0 Å². The number of hydrogen-bond donors (Lipinski definition) is 0. The van der Waals surface area contributed by atoms with Gasteiger partial charge in [-0.3, -0.25) is 4.99 Å². The highest BCUT2D eigenvalue weighted by atomic mass is 15.2. The molecule has 0 aromatic heterocycles. The van der Waals surface area contributed by atoms with Gasteiger partial charge < -0.3 is 4.90 Å². The zero-order valence-electron chi connectivity index (χ0n) is 13.8. The summed E-state index contributed by atoms with van der Waals surface area (Å²) < 4.78 is 0. The van der Waals surface area contributed by atoms with Crippen LogP contribution in [0.15, 0.2) is 4.99 Å². The Balaban J connectivity index is 1.67. The first kappa shape index (κ1) is 17.5. The van der Waals surface area contributed by atoms with Crippen LogP contribution in [0, 0.1) is 0 Å². The number of aliphatic imine (C=N–C) groups is 1. The lowest BCUT2D eigenvalue weighted by molar-refractivity contribution is 0.438. The third kappa shape index (κ3) is 10.3. The minimum Gasteiger partial charge on any atom is -0.361 e. The Bertz CT molecular complexity index is 225. The SMILES string of the molecule is CCCCCCCCCCCCCCCN1C=NCC1. The summed E-state index contributed by atoms with van der Waals surface area (Å²) in [7, 11) is 0. The van der Waals surface area contributed by atoms with Crippen molar-refractivity contribution < 1.29 is 0 Å². The van der Waals surface area contributed by atoms with Crippen molar-refractivity contribution in [1.29, 1.82) is 0 Å². The van der Waals surface area contributed by atoms with Gasteiger partial charge in [-0.05, 0) is 6.42 Å². The van der Waals surface area contributed by atoms with Crippen molar-refractivity contribution in [2.24, 2.45) is 4.99 Å². The molecule has 1 aliphatic rings. The first-order valence-electron chi connectivity index (χ1n) is 9.17. The maximum atomic E-state index is 4.25. The van der Waals surface area contributed by atoms with E-state index in [1.54, 1.807) is 0 Å². The summed E-state index contributed by atoms with van der Waals surface area (Å²) in [5.41, 5.74) is 0. The molecule has 0 radical (unpaired) electrons. The predicted octanol–water partition coefficient (Wildman–Crippen LogP) is 5.42. The minimum absolute atomic E-state index is 1.01. The lowest BCUT2D eigenvalue weighted by Gasteiger charge is -2.12. The highest BCUT2D eigenvalue weighted by molar-refractivity contribution is 5.56. The molecule has 0 unspecified atom stereocenters. The van der Waals surface area contributed by atoms with Crippen molar-refractivity contribution >= 4 is 6.34 Å². The van der Waals surface area contributed by atoms with Gasteiger partial charge >= 0.3 is 0 Å². The molecule has 20 heavy (non-hydrogen) atoms. The van der Waals surface area contributed by atoms with E-state index in [9.17, 15) is 0 Å². The Labute approximate surface area is 127 Å². The van der Waals surface area contributed by atoms with E-state index in [1.165, 1.54) is 90.0 Å². The number of unbranched alkanes of at least 4 members (excludes halogenated alkanes) is 12. The molecular weight excluding hydrogens is 244 g/mol. The summed E-state index contributed by atoms with van der Waals surface area (Å²) in [6.07, 6.45) is 20.7. The number of nitrogens with zero attached hydrogens (tertiary/aromatic N) is 2. The Morgan fingerprint density at radius 1 is 0.750 bits per heavy atom. The van der Waals surface area contributed by atoms with Crippen LogP contribution in [0.5, 0.6) is 0 Å². The molecule has 2 heteroatoms. The van der Waals surface area contributed by atoms with Crippen LogP contribution in [0.4, 0.5) is 0 Å². The van der Waals surface area contributed by atoms with Gasteiger partial charge in [-0.25, -0.2) is 0 Å². The topological polar surface area (TPSA) is 15.6 Å². The van der Waals surface area contributed by atoms with Crippen LogP contribution in [0.3, 0.4) is 0 Å². The molecule has 0 fully saturated rings. The lowest BCUT2D eigenvalue weighted by Crippen LogP contribution is -2.20. The molecule has 0 N–H and O–H groups in total. The van der Waals surface area contributed by atoms with Crippen molar-refractivity contribution in [3.63, 3.8) is 0 Å². The maximum Gasteiger partial charge on any atom is 0.0851 e. The normalized spacial score (nSPS) is 14.3. The van der Waals surface area contributed by atoms with Crippen LogP contribution in [0.2, 0.25) is 0 Å². The van der Waals surface area contributed by atoms with Crippen LogP contribution in [0.25, 0.3) is 0 Å². The molecule has 1 rings (SSSR count). The lowest BCUT2D eigenvalue weighted by atomic mass is 10.0. The van der Waals surface area contributed by atoms with Gasteiger partial charge in [-0.1, -0.05) is 84.0 Å². The third-order valence-electron chi connectivity index (χ3n) is 4.31. The molecule has 0 aromatic carbocycles. The van der Waals surface area contributed by atoms with E-state index >= 15 is 0 Å². The standard InChI is InChI=1S/C18H36N2/c1-2-3-4-5-6-7-8-9-10-11-12-13-14-16-20-17-15-19-18-20/h18H,2-17H2,1H3. The third-order valence-corrected chi connectivity index (χ3v) is 4.31. The molecule has 0 amide bonds. The number of rotatable bonds is 14. The minimum atomic E-state index is 1.01. The highest BCUT2D eigenvalue weighted by Crippen LogP contribution is 2.12. The molecule has 2 nitrogen and oxygen atoms in total. The summed E-state index contributed by atoms with van der Waals surface area (Å²) in [6, 6.07) is 0. The molecular formula is C18H36N2.